The summed E-state index contributed by atoms with van der Waals surface area (Å²) in [4.78, 5) is 29.5. The zero-order valence-electron chi connectivity index (χ0n) is 21.8. The maximum absolute atomic E-state index is 14.1. The van der Waals surface area contributed by atoms with Gasteiger partial charge in [0.15, 0.2) is 0 Å². The highest BCUT2D eigenvalue weighted by Crippen LogP contribution is 2.30. The summed E-state index contributed by atoms with van der Waals surface area (Å²) in [5.41, 5.74) is 3.99. The van der Waals surface area contributed by atoms with E-state index in [0.29, 0.717) is 30.3 Å². The first-order valence-corrected chi connectivity index (χ1v) is 13.2. The Morgan fingerprint density at radius 1 is 1.00 bits per heavy atom. The van der Waals surface area contributed by atoms with Gasteiger partial charge in [-0.3, -0.25) is 14.5 Å². The average Bonchev–Trinajstić information content (AvgIpc) is 3.61. The number of ether oxygens (including phenoxy) is 1. The summed E-state index contributed by atoms with van der Waals surface area (Å²) in [5.74, 6) is -0.176. The lowest BCUT2D eigenvalue weighted by Crippen LogP contribution is -2.46. The van der Waals surface area contributed by atoms with Gasteiger partial charge in [-0.25, -0.2) is 4.68 Å². The highest BCUT2D eigenvalue weighted by molar-refractivity contribution is 6.01. The predicted octanol–water partition coefficient (Wildman–Crippen LogP) is 4.62. The molecule has 0 saturated carbocycles. The van der Waals surface area contributed by atoms with E-state index in [1.54, 1.807) is 9.58 Å². The van der Waals surface area contributed by atoms with Gasteiger partial charge in [0.05, 0.1) is 11.6 Å². The molecule has 196 valence electrons. The summed E-state index contributed by atoms with van der Waals surface area (Å²) in [5, 5.41) is 11.5. The third-order valence-corrected chi connectivity index (χ3v) is 6.96. The molecule has 1 saturated heterocycles. The second-order valence-corrected chi connectivity index (χ2v) is 9.94. The van der Waals surface area contributed by atoms with Crippen LogP contribution in [0.15, 0.2) is 78.9 Å². The Bertz CT molecular complexity index is 1380. The molecule has 8 heteroatoms. The Morgan fingerprint density at radius 3 is 2.45 bits per heavy atom. The van der Waals surface area contributed by atoms with Crippen LogP contribution in [0, 0.1) is 0 Å². The summed E-state index contributed by atoms with van der Waals surface area (Å²) < 4.78 is 7.30. The fourth-order valence-corrected chi connectivity index (χ4v) is 4.86. The second-order valence-electron chi connectivity index (χ2n) is 9.94. The van der Waals surface area contributed by atoms with E-state index < -0.39 is 6.04 Å². The average molecular weight is 512 g/mol. The van der Waals surface area contributed by atoms with Gasteiger partial charge in [-0.1, -0.05) is 73.7 Å². The zero-order chi connectivity index (χ0) is 26.5. The van der Waals surface area contributed by atoms with Crippen molar-refractivity contribution >= 4 is 28.5 Å². The maximum Gasteiger partial charge on any atom is 0.249 e. The van der Waals surface area contributed by atoms with Crippen LogP contribution < -0.4 is 10.2 Å². The normalized spacial score (nSPS) is 16.0. The Balaban J connectivity index is 1.52. The van der Waals surface area contributed by atoms with Crippen molar-refractivity contribution < 1.29 is 14.3 Å². The van der Waals surface area contributed by atoms with Crippen LogP contribution in [0.1, 0.15) is 49.8 Å². The van der Waals surface area contributed by atoms with Crippen molar-refractivity contribution in [3.05, 3.63) is 90.0 Å². The Hall–Kier alpha value is -4.04. The Labute approximate surface area is 222 Å². The molecule has 3 aromatic carbocycles. The SMILES string of the molecule is CC(C)c1ccc(N(C(=O)Cn2nnc3ccccc32)C(C(=O)NCC2CCCO2)c2ccccc2)cc1. The van der Waals surface area contributed by atoms with E-state index in [2.05, 4.69) is 29.5 Å². The van der Waals surface area contributed by atoms with E-state index >= 15 is 0 Å². The van der Waals surface area contributed by atoms with Crippen LogP contribution in [0.5, 0.6) is 0 Å². The highest BCUT2D eigenvalue weighted by Gasteiger charge is 2.33. The molecule has 8 nitrogen and oxygen atoms in total. The Morgan fingerprint density at radius 2 is 1.74 bits per heavy atom. The topological polar surface area (TPSA) is 89.4 Å². The molecule has 2 heterocycles. The number of fused-ring (bicyclic) bond motifs is 1. The first-order chi connectivity index (χ1) is 18.5. The van der Waals surface area contributed by atoms with Gasteiger partial charge in [0.25, 0.3) is 0 Å². The molecule has 0 bridgehead atoms. The number of hydrogen-bond donors (Lipinski definition) is 1. The number of benzene rings is 3. The molecule has 38 heavy (non-hydrogen) atoms. The van der Waals surface area contributed by atoms with E-state index in [-0.39, 0.29) is 24.5 Å². The number of nitrogens with one attached hydrogen (secondary N) is 1. The van der Waals surface area contributed by atoms with Crippen LogP contribution in [-0.4, -0.2) is 46.1 Å². The van der Waals surface area contributed by atoms with Gasteiger partial charge in [0.1, 0.15) is 18.1 Å². The van der Waals surface area contributed by atoms with Crippen molar-refractivity contribution in [2.45, 2.75) is 51.3 Å². The van der Waals surface area contributed by atoms with E-state index in [1.165, 1.54) is 0 Å². The van der Waals surface area contributed by atoms with Crippen LogP contribution in [0.25, 0.3) is 11.0 Å². The van der Waals surface area contributed by atoms with Crippen LogP contribution in [0.4, 0.5) is 5.69 Å². The van der Waals surface area contributed by atoms with Gasteiger partial charge in [-0.2, -0.15) is 0 Å². The number of rotatable bonds is 9. The van der Waals surface area contributed by atoms with E-state index in [9.17, 15) is 9.59 Å². The monoisotopic (exact) mass is 511 g/mol. The molecule has 0 spiro atoms. The predicted molar refractivity (Wildman–Crippen MR) is 147 cm³/mol. The summed E-state index contributed by atoms with van der Waals surface area (Å²) >= 11 is 0. The molecular weight excluding hydrogens is 478 g/mol. The van der Waals surface area contributed by atoms with Crippen LogP contribution in [0.3, 0.4) is 0 Å². The number of amides is 2. The molecule has 2 amide bonds. The van der Waals surface area contributed by atoms with Crippen molar-refractivity contribution in [2.24, 2.45) is 0 Å². The second kappa shape index (κ2) is 11.6. The molecule has 1 aliphatic heterocycles. The minimum atomic E-state index is -0.871. The van der Waals surface area contributed by atoms with Gasteiger partial charge >= 0.3 is 0 Å². The molecule has 1 N–H and O–H groups in total. The fourth-order valence-electron chi connectivity index (χ4n) is 4.86. The minimum Gasteiger partial charge on any atom is -0.376 e. The quantitative estimate of drug-likeness (QED) is 0.354. The van der Waals surface area contributed by atoms with Gasteiger partial charge in [0, 0.05) is 18.8 Å². The summed E-state index contributed by atoms with van der Waals surface area (Å²) in [6.45, 7) is 5.30. The molecule has 5 rings (SSSR count). The number of anilines is 1. The highest BCUT2D eigenvalue weighted by atomic mass is 16.5. The summed E-state index contributed by atoms with van der Waals surface area (Å²) in [6.07, 6.45) is 1.89. The maximum atomic E-state index is 14.1. The van der Waals surface area contributed by atoms with Crippen molar-refractivity contribution in [3.8, 4) is 0 Å². The number of carbonyl (C=O) groups excluding carboxylic acids is 2. The van der Waals surface area contributed by atoms with Gasteiger partial charge in [-0.05, 0) is 54.2 Å². The molecule has 1 fully saturated rings. The molecule has 1 aliphatic rings. The summed E-state index contributed by atoms with van der Waals surface area (Å²) in [6, 6.07) is 23.9. The van der Waals surface area contributed by atoms with Crippen LogP contribution in [0.2, 0.25) is 0 Å². The molecule has 2 unspecified atom stereocenters. The third kappa shape index (κ3) is 5.60. The van der Waals surface area contributed by atoms with Crippen LogP contribution in [-0.2, 0) is 20.9 Å². The largest absolute Gasteiger partial charge is 0.376 e. The zero-order valence-corrected chi connectivity index (χ0v) is 21.8. The molecule has 0 radical (unpaired) electrons. The number of nitrogens with zero attached hydrogens (tertiary/aromatic N) is 4. The van der Waals surface area contributed by atoms with Crippen molar-refractivity contribution in [2.75, 3.05) is 18.1 Å². The molecular formula is C30H33N5O3. The lowest BCUT2D eigenvalue weighted by atomic mass is 10.0. The molecule has 2 atom stereocenters. The fraction of sp³-hybridized carbons (Fsp3) is 0.333. The van der Waals surface area contributed by atoms with Gasteiger partial charge < -0.3 is 10.1 Å². The first kappa shape index (κ1) is 25.6. The lowest BCUT2D eigenvalue weighted by Gasteiger charge is -2.32. The van der Waals surface area contributed by atoms with E-state index in [1.807, 2.05) is 78.9 Å². The van der Waals surface area contributed by atoms with Gasteiger partial charge in [0.2, 0.25) is 11.8 Å². The smallest absolute Gasteiger partial charge is 0.249 e. The summed E-state index contributed by atoms with van der Waals surface area (Å²) in [7, 11) is 0. The number of carbonyl (C=O) groups is 2. The van der Waals surface area contributed by atoms with Gasteiger partial charge in [-0.15, -0.1) is 5.10 Å². The molecule has 4 aromatic rings. The molecule has 0 aliphatic carbocycles. The third-order valence-electron chi connectivity index (χ3n) is 6.96. The number of aromatic nitrogens is 3. The Kier molecular flexibility index (Phi) is 7.79. The molecule has 1 aromatic heterocycles. The number of para-hydroxylation sites is 1. The first-order valence-electron chi connectivity index (χ1n) is 13.2. The lowest BCUT2D eigenvalue weighted by molar-refractivity contribution is -0.127. The standard InChI is InChI=1S/C30H33N5O3/c1-21(2)22-14-16-24(17-15-22)35(28(36)20-34-27-13-7-6-12-26(27)32-33-34)29(23-9-4-3-5-10-23)30(37)31-19-25-11-8-18-38-25/h3-7,9-10,12-17,21,25,29H,8,11,18-20H2,1-2H3,(H,31,37). The van der Waals surface area contributed by atoms with E-state index in [4.69, 9.17) is 4.74 Å². The minimum absolute atomic E-state index is 0.00800. The van der Waals surface area contributed by atoms with Crippen molar-refractivity contribution in [1.29, 1.82) is 0 Å². The van der Waals surface area contributed by atoms with Crippen LogP contribution >= 0.6 is 0 Å². The van der Waals surface area contributed by atoms with Crippen molar-refractivity contribution in [1.82, 2.24) is 20.3 Å². The van der Waals surface area contributed by atoms with Crippen molar-refractivity contribution in [3.63, 3.8) is 0 Å². The van der Waals surface area contributed by atoms with E-state index in [0.717, 1.165) is 29.5 Å². The number of hydrogen-bond acceptors (Lipinski definition) is 5.